The molecule has 0 spiro atoms. The molecule has 1 aliphatic heterocycles. The number of barbiturate groups is 1. The fraction of sp³-hybridized carbons (Fsp3) is 0.207. The first-order chi connectivity index (χ1) is 18.0. The molecule has 1 aliphatic rings. The summed E-state index contributed by atoms with van der Waals surface area (Å²) in [7, 11) is 0. The van der Waals surface area contributed by atoms with Crippen molar-refractivity contribution in [2.45, 2.75) is 32.9 Å². The van der Waals surface area contributed by atoms with E-state index in [0.717, 1.165) is 40.0 Å². The number of amides is 4. The van der Waals surface area contributed by atoms with Crippen molar-refractivity contribution in [1.29, 1.82) is 0 Å². The second kappa shape index (κ2) is 10.6. The summed E-state index contributed by atoms with van der Waals surface area (Å²) in [6, 6.07) is 18.5. The van der Waals surface area contributed by atoms with Crippen LogP contribution in [-0.2, 0) is 29.1 Å². The fourth-order valence-corrected chi connectivity index (χ4v) is 4.37. The van der Waals surface area contributed by atoms with Crippen LogP contribution in [-0.4, -0.2) is 33.9 Å². The lowest BCUT2D eigenvalue weighted by Crippen LogP contribution is -2.53. The number of carbonyl (C=O) groups is 3. The maximum absolute atomic E-state index is 13.1. The number of imide groups is 2. The average molecular weight is 498 g/mol. The minimum atomic E-state index is -0.768. The smallest absolute Gasteiger partial charge is 0.331 e. The van der Waals surface area contributed by atoms with E-state index >= 15 is 0 Å². The summed E-state index contributed by atoms with van der Waals surface area (Å²) in [5.41, 5.74) is 2.87. The zero-order chi connectivity index (χ0) is 25.8. The maximum atomic E-state index is 13.1. The van der Waals surface area contributed by atoms with Crippen molar-refractivity contribution in [2.24, 2.45) is 0 Å². The van der Waals surface area contributed by atoms with Gasteiger partial charge in [-0.3, -0.25) is 19.8 Å². The van der Waals surface area contributed by atoms with Gasteiger partial charge in [0.05, 0.1) is 19.4 Å². The Morgan fingerprint density at radius 3 is 2.57 bits per heavy atom. The van der Waals surface area contributed by atoms with Crippen molar-refractivity contribution in [3.63, 3.8) is 0 Å². The third kappa shape index (κ3) is 5.18. The Bertz CT molecular complexity index is 1470. The summed E-state index contributed by atoms with van der Waals surface area (Å²) in [6.07, 6.45) is 6.69. The van der Waals surface area contributed by atoms with Crippen molar-refractivity contribution in [3.8, 4) is 5.75 Å². The van der Waals surface area contributed by atoms with Gasteiger partial charge in [-0.25, -0.2) is 4.79 Å². The third-order valence-electron chi connectivity index (χ3n) is 6.34. The van der Waals surface area contributed by atoms with E-state index in [1.165, 1.54) is 11.8 Å². The van der Waals surface area contributed by atoms with E-state index in [-0.39, 0.29) is 12.1 Å². The second-order valence-electron chi connectivity index (χ2n) is 8.78. The Morgan fingerprint density at radius 2 is 1.81 bits per heavy atom. The van der Waals surface area contributed by atoms with Gasteiger partial charge in [0.2, 0.25) is 0 Å². The molecule has 0 radical (unpaired) electrons. The molecular weight excluding hydrogens is 470 g/mol. The van der Waals surface area contributed by atoms with Crippen molar-refractivity contribution < 1.29 is 23.5 Å². The van der Waals surface area contributed by atoms with Crippen LogP contribution in [0.3, 0.4) is 0 Å². The number of fused-ring (bicyclic) bond motifs is 1. The molecule has 0 unspecified atom stereocenters. The zero-order valence-corrected chi connectivity index (χ0v) is 20.5. The first kappa shape index (κ1) is 24.1. The van der Waals surface area contributed by atoms with Crippen LogP contribution >= 0.6 is 0 Å². The Balaban J connectivity index is 1.34. The molecule has 1 N–H and O–H groups in total. The number of nitrogens with one attached hydrogen (secondary N) is 1. The standard InChI is InChI=1S/C29H27N3O5/c1-2-20-10-12-22(13-11-20)36-16-6-14-31-18-21(24-8-3-4-9-26(24)31)17-25-27(33)30-29(35)32(28(25)34)19-23-7-5-15-37-23/h3-5,7-13,15,17-18H,2,6,14,16,19H2,1H3,(H,30,33,35)/b25-17+. The predicted octanol–water partition coefficient (Wildman–Crippen LogP) is 4.93. The van der Waals surface area contributed by atoms with Crippen LogP contribution in [0.5, 0.6) is 5.75 Å². The van der Waals surface area contributed by atoms with Gasteiger partial charge >= 0.3 is 6.03 Å². The lowest BCUT2D eigenvalue weighted by molar-refractivity contribution is -0.130. The summed E-state index contributed by atoms with van der Waals surface area (Å²) < 4.78 is 13.2. The SMILES string of the molecule is CCc1ccc(OCCCn2cc(/C=C3\C(=O)NC(=O)N(Cc4ccco4)C3=O)c3ccccc32)cc1. The summed E-state index contributed by atoms with van der Waals surface area (Å²) in [5.74, 6) is -0.0951. The Morgan fingerprint density at radius 1 is 1.00 bits per heavy atom. The van der Waals surface area contributed by atoms with Gasteiger partial charge in [-0.15, -0.1) is 0 Å². The molecule has 8 nitrogen and oxygen atoms in total. The summed E-state index contributed by atoms with van der Waals surface area (Å²) in [4.78, 5) is 39.0. The van der Waals surface area contributed by atoms with Gasteiger partial charge in [-0.2, -0.15) is 0 Å². The number of hydrogen-bond donors (Lipinski definition) is 1. The van der Waals surface area contributed by atoms with Crippen LogP contribution in [0.25, 0.3) is 17.0 Å². The molecule has 188 valence electrons. The monoisotopic (exact) mass is 497 g/mol. The molecule has 0 saturated carbocycles. The Kier molecular flexibility index (Phi) is 6.89. The third-order valence-corrected chi connectivity index (χ3v) is 6.34. The average Bonchev–Trinajstić information content (AvgIpc) is 3.55. The van der Waals surface area contributed by atoms with Crippen molar-refractivity contribution in [3.05, 3.63) is 95.6 Å². The highest BCUT2D eigenvalue weighted by atomic mass is 16.5. The van der Waals surface area contributed by atoms with E-state index in [1.54, 1.807) is 18.2 Å². The fourth-order valence-electron chi connectivity index (χ4n) is 4.37. The molecule has 2 aromatic heterocycles. The first-order valence-corrected chi connectivity index (χ1v) is 12.2. The van der Waals surface area contributed by atoms with Gasteiger partial charge in [-0.1, -0.05) is 37.3 Å². The van der Waals surface area contributed by atoms with Gasteiger partial charge in [0, 0.05) is 29.2 Å². The van der Waals surface area contributed by atoms with Crippen molar-refractivity contribution in [2.75, 3.05) is 6.61 Å². The first-order valence-electron chi connectivity index (χ1n) is 12.2. The number of urea groups is 1. The lowest BCUT2D eigenvalue weighted by Gasteiger charge is -2.25. The number of nitrogens with zero attached hydrogens (tertiary/aromatic N) is 2. The van der Waals surface area contributed by atoms with E-state index < -0.39 is 17.8 Å². The maximum Gasteiger partial charge on any atom is 0.331 e. The topological polar surface area (TPSA) is 93.8 Å². The highest BCUT2D eigenvalue weighted by Gasteiger charge is 2.36. The molecule has 8 heteroatoms. The normalized spacial score (nSPS) is 15.0. The van der Waals surface area contributed by atoms with E-state index in [1.807, 2.05) is 42.6 Å². The van der Waals surface area contributed by atoms with E-state index in [0.29, 0.717) is 18.9 Å². The van der Waals surface area contributed by atoms with Gasteiger partial charge in [0.15, 0.2) is 0 Å². The molecule has 4 amide bonds. The Labute approximate surface area is 214 Å². The highest BCUT2D eigenvalue weighted by Crippen LogP contribution is 2.26. The molecule has 1 saturated heterocycles. The van der Waals surface area contributed by atoms with E-state index in [4.69, 9.17) is 9.15 Å². The van der Waals surface area contributed by atoms with Gasteiger partial charge in [0.1, 0.15) is 17.1 Å². The molecule has 1 fully saturated rings. The summed E-state index contributed by atoms with van der Waals surface area (Å²) in [5, 5.41) is 3.16. The number of aryl methyl sites for hydroxylation is 2. The summed E-state index contributed by atoms with van der Waals surface area (Å²) in [6.45, 7) is 3.30. The van der Waals surface area contributed by atoms with Crippen molar-refractivity contribution >= 4 is 34.8 Å². The molecule has 5 rings (SSSR count). The highest BCUT2D eigenvalue weighted by molar-refractivity contribution is 6.31. The van der Waals surface area contributed by atoms with E-state index in [2.05, 4.69) is 28.9 Å². The minimum absolute atomic E-state index is 0.0643. The van der Waals surface area contributed by atoms with E-state index in [9.17, 15) is 14.4 Å². The number of ether oxygens (including phenoxy) is 1. The zero-order valence-electron chi connectivity index (χ0n) is 20.5. The van der Waals surface area contributed by atoms with Crippen molar-refractivity contribution in [1.82, 2.24) is 14.8 Å². The van der Waals surface area contributed by atoms with Crippen LogP contribution in [0.2, 0.25) is 0 Å². The molecule has 0 aliphatic carbocycles. The molecule has 0 bridgehead atoms. The molecule has 37 heavy (non-hydrogen) atoms. The number of aromatic nitrogens is 1. The van der Waals surface area contributed by atoms with Crippen LogP contribution in [0.1, 0.15) is 30.2 Å². The molecule has 2 aromatic carbocycles. The van der Waals surface area contributed by atoms with Crippen LogP contribution in [0, 0.1) is 0 Å². The van der Waals surface area contributed by atoms with Crippen LogP contribution < -0.4 is 10.1 Å². The quantitative estimate of drug-likeness (QED) is 0.201. The number of rotatable bonds is 9. The lowest BCUT2D eigenvalue weighted by atomic mass is 10.1. The van der Waals surface area contributed by atoms with Gasteiger partial charge < -0.3 is 13.7 Å². The largest absolute Gasteiger partial charge is 0.494 e. The van der Waals surface area contributed by atoms with Crippen LogP contribution in [0.15, 0.2) is 83.1 Å². The van der Waals surface area contributed by atoms with Gasteiger partial charge in [0.25, 0.3) is 11.8 Å². The molecule has 3 heterocycles. The van der Waals surface area contributed by atoms with Crippen LogP contribution in [0.4, 0.5) is 4.79 Å². The summed E-state index contributed by atoms with van der Waals surface area (Å²) >= 11 is 0. The number of benzene rings is 2. The molecule has 0 atom stereocenters. The minimum Gasteiger partial charge on any atom is -0.494 e. The predicted molar refractivity (Wildman–Crippen MR) is 139 cm³/mol. The number of carbonyl (C=O) groups excluding carboxylic acids is 3. The second-order valence-corrected chi connectivity index (χ2v) is 8.78. The van der Waals surface area contributed by atoms with Gasteiger partial charge in [-0.05, 0) is 54.8 Å². The molecule has 4 aromatic rings. The number of hydrogen-bond acceptors (Lipinski definition) is 5. The molecular formula is C29H27N3O5. The Hall–Kier alpha value is -4.59. The number of para-hydroxylation sites is 1. The number of furan rings is 1.